The number of hydrogen-bond donors (Lipinski definition) is 3. The molecule has 0 unspecified atom stereocenters. The van der Waals surface area contributed by atoms with Gasteiger partial charge in [-0.25, -0.2) is 0 Å². The van der Waals surface area contributed by atoms with Gasteiger partial charge in [0.05, 0.1) is 29.4 Å². The lowest BCUT2D eigenvalue weighted by Crippen LogP contribution is -2.30. The van der Waals surface area contributed by atoms with Crippen molar-refractivity contribution in [2.24, 2.45) is 0 Å². The summed E-state index contributed by atoms with van der Waals surface area (Å²) >= 11 is 1.49. The summed E-state index contributed by atoms with van der Waals surface area (Å²) in [7, 11) is 0. The molecule has 0 saturated carbocycles. The normalized spacial score (nSPS) is 15.9. The summed E-state index contributed by atoms with van der Waals surface area (Å²) in [6, 6.07) is 7.69. The first-order chi connectivity index (χ1) is 13.2. The van der Waals surface area contributed by atoms with Crippen LogP contribution >= 0.6 is 11.3 Å². The summed E-state index contributed by atoms with van der Waals surface area (Å²) in [6.45, 7) is 3.64. The van der Waals surface area contributed by atoms with E-state index in [4.69, 9.17) is 0 Å². The van der Waals surface area contributed by atoms with Gasteiger partial charge in [-0.3, -0.25) is 14.3 Å². The van der Waals surface area contributed by atoms with Crippen LogP contribution in [0.1, 0.15) is 37.0 Å². The molecule has 2 amide bonds. The quantitative estimate of drug-likeness (QED) is 0.640. The number of rotatable bonds is 3. The topological polar surface area (TPSA) is 88.1 Å². The standard InChI is InChI=1S/C19H19N5O2S/c25-18(22-9-12-8-13-10-20-5-6-24(13)23-12)11-1-2-16-15(7-11)14-3-4-21-19(26)17(14)27-16/h1-2,7-8,20H,3-6,9-10H2,(H,21,26)(H,22,25). The van der Waals surface area contributed by atoms with Gasteiger partial charge in [-0.05, 0) is 41.6 Å². The van der Waals surface area contributed by atoms with Crippen molar-refractivity contribution >= 4 is 33.2 Å². The first-order valence-corrected chi connectivity index (χ1v) is 9.89. The first-order valence-electron chi connectivity index (χ1n) is 9.07. The predicted octanol–water partition coefficient (Wildman–Crippen LogP) is 1.42. The van der Waals surface area contributed by atoms with E-state index in [0.717, 1.165) is 58.0 Å². The number of hydrogen-bond acceptors (Lipinski definition) is 5. The number of fused-ring (bicyclic) bond motifs is 4. The predicted molar refractivity (Wildman–Crippen MR) is 103 cm³/mol. The molecule has 138 valence electrons. The number of nitrogens with zero attached hydrogens (tertiary/aromatic N) is 2. The van der Waals surface area contributed by atoms with Crippen molar-refractivity contribution in [1.29, 1.82) is 0 Å². The fraction of sp³-hybridized carbons (Fsp3) is 0.316. The molecule has 0 atom stereocenters. The molecule has 0 aliphatic carbocycles. The first kappa shape index (κ1) is 16.5. The Morgan fingerprint density at radius 3 is 3.11 bits per heavy atom. The third-order valence-electron chi connectivity index (χ3n) is 5.07. The number of carbonyl (C=O) groups excluding carboxylic acids is 2. The summed E-state index contributed by atoms with van der Waals surface area (Å²) in [5.74, 6) is -0.136. The number of benzene rings is 1. The van der Waals surface area contributed by atoms with E-state index in [0.29, 0.717) is 18.7 Å². The van der Waals surface area contributed by atoms with Gasteiger partial charge < -0.3 is 16.0 Å². The van der Waals surface area contributed by atoms with Gasteiger partial charge in [0.2, 0.25) is 0 Å². The van der Waals surface area contributed by atoms with Crippen molar-refractivity contribution in [2.75, 3.05) is 13.1 Å². The van der Waals surface area contributed by atoms with Gasteiger partial charge in [0.1, 0.15) is 0 Å². The highest BCUT2D eigenvalue weighted by Gasteiger charge is 2.22. The second kappa shape index (κ2) is 6.47. The number of carbonyl (C=O) groups is 2. The molecular formula is C19H19N5O2S. The van der Waals surface area contributed by atoms with Gasteiger partial charge in [-0.1, -0.05) is 0 Å². The zero-order chi connectivity index (χ0) is 18.4. The van der Waals surface area contributed by atoms with Gasteiger partial charge >= 0.3 is 0 Å². The minimum absolute atomic E-state index is 0.0123. The molecule has 0 bridgehead atoms. The van der Waals surface area contributed by atoms with Crippen LogP contribution in [-0.4, -0.2) is 34.7 Å². The largest absolute Gasteiger partial charge is 0.351 e. The SMILES string of the molecule is O=C(NCc1cc2n(n1)CCNC2)c1ccc2sc3c(c2c1)CCNC3=O. The van der Waals surface area contributed by atoms with Crippen molar-refractivity contribution in [1.82, 2.24) is 25.7 Å². The van der Waals surface area contributed by atoms with Crippen molar-refractivity contribution in [2.45, 2.75) is 26.1 Å². The van der Waals surface area contributed by atoms with E-state index >= 15 is 0 Å². The van der Waals surface area contributed by atoms with Crippen LogP contribution in [-0.2, 0) is 26.1 Å². The Morgan fingerprint density at radius 1 is 1.30 bits per heavy atom. The maximum atomic E-state index is 12.6. The molecule has 3 aromatic rings. The zero-order valence-corrected chi connectivity index (χ0v) is 15.5. The molecular weight excluding hydrogens is 362 g/mol. The highest BCUT2D eigenvalue weighted by atomic mass is 32.1. The molecule has 2 aliphatic rings. The number of aromatic nitrogens is 2. The molecule has 0 radical (unpaired) electrons. The van der Waals surface area contributed by atoms with Crippen LogP contribution in [0.25, 0.3) is 10.1 Å². The van der Waals surface area contributed by atoms with E-state index in [-0.39, 0.29) is 11.8 Å². The molecule has 5 rings (SSSR count). The third-order valence-corrected chi connectivity index (χ3v) is 6.28. The molecule has 7 nitrogen and oxygen atoms in total. The fourth-order valence-corrected chi connectivity index (χ4v) is 4.86. The smallest absolute Gasteiger partial charge is 0.261 e. The number of nitrogens with one attached hydrogen (secondary N) is 3. The minimum atomic E-state index is -0.124. The van der Waals surface area contributed by atoms with Gasteiger partial charge in [0.25, 0.3) is 11.8 Å². The van der Waals surface area contributed by atoms with E-state index in [1.165, 1.54) is 11.3 Å². The highest BCUT2D eigenvalue weighted by molar-refractivity contribution is 7.21. The second-order valence-electron chi connectivity index (χ2n) is 6.84. The Morgan fingerprint density at radius 2 is 2.22 bits per heavy atom. The zero-order valence-electron chi connectivity index (χ0n) is 14.7. The molecule has 2 aromatic heterocycles. The molecule has 3 N–H and O–H groups in total. The molecule has 4 heterocycles. The maximum absolute atomic E-state index is 12.6. The molecule has 2 aliphatic heterocycles. The van der Waals surface area contributed by atoms with Gasteiger partial charge in [0, 0.05) is 29.9 Å². The average Bonchev–Trinajstić information content (AvgIpc) is 3.27. The second-order valence-corrected chi connectivity index (χ2v) is 7.89. The van der Waals surface area contributed by atoms with Gasteiger partial charge in [-0.2, -0.15) is 5.10 Å². The maximum Gasteiger partial charge on any atom is 0.261 e. The van der Waals surface area contributed by atoms with Gasteiger partial charge in [0.15, 0.2) is 0 Å². The van der Waals surface area contributed by atoms with Gasteiger partial charge in [-0.15, -0.1) is 11.3 Å². The Kier molecular flexibility index (Phi) is 3.95. The molecule has 27 heavy (non-hydrogen) atoms. The number of thiophene rings is 1. The monoisotopic (exact) mass is 381 g/mol. The van der Waals surface area contributed by atoms with E-state index < -0.39 is 0 Å². The minimum Gasteiger partial charge on any atom is -0.351 e. The van der Waals surface area contributed by atoms with Crippen LogP contribution in [0, 0.1) is 0 Å². The van der Waals surface area contributed by atoms with Crippen LogP contribution in [0.15, 0.2) is 24.3 Å². The Bertz CT molecular complexity index is 1040. The highest BCUT2D eigenvalue weighted by Crippen LogP contribution is 2.33. The summed E-state index contributed by atoms with van der Waals surface area (Å²) in [4.78, 5) is 25.4. The van der Waals surface area contributed by atoms with Crippen LogP contribution in [0.4, 0.5) is 0 Å². The summed E-state index contributed by atoms with van der Waals surface area (Å²) in [5, 5.41) is 14.7. The Labute approximate surface area is 159 Å². The summed E-state index contributed by atoms with van der Waals surface area (Å²) in [5.41, 5.74) is 3.69. The number of amides is 2. The van der Waals surface area contributed by atoms with E-state index in [9.17, 15) is 9.59 Å². The lowest BCUT2D eigenvalue weighted by Gasteiger charge is -2.13. The molecule has 8 heteroatoms. The van der Waals surface area contributed by atoms with Crippen LogP contribution < -0.4 is 16.0 Å². The Hall–Kier alpha value is -2.71. The van der Waals surface area contributed by atoms with E-state index in [2.05, 4.69) is 21.0 Å². The molecule has 1 aromatic carbocycles. The van der Waals surface area contributed by atoms with Crippen molar-refractivity contribution < 1.29 is 9.59 Å². The van der Waals surface area contributed by atoms with Crippen molar-refractivity contribution in [3.05, 3.63) is 51.7 Å². The average molecular weight is 381 g/mol. The summed E-state index contributed by atoms with van der Waals surface area (Å²) in [6.07, 6.45) is 0.806. The lowest BCUT2D eigenvalue weighted by molar-refractivity contribution is 0.0943. The van der Waals surface area contributed by atoms with E-state index in [1.54, 1.807) is 0 Å². The molecule has 0 fully saturated rings. The summed E-state index contributed by atoms with van der Waals surface area (Å²) < 4.78 is 3.04. The van der Waals surface area contributed by atoms with Crippen molar-refractivity contribution in [3.63, 3.8) is 0 Å². The van der Waals surface area contributed by atoms with E-state index in [1.807, 2.05) is 28.9 Å². The fourth-order valence-electron chi connectivity index (χ4n) is 3.71. The van der Waals surface area contributed by atoms with Crippen LogP contribution in [0.3, 0.4) is 0 Å². The van der Waals surface area contributed by atoms with Crippen LogP contribution in [0.5, 0.6) is 0 Å². The molecule has 0 saturated heterocycles. The van der Waals surface area contributed by atoms with Crippen molar-refractivity contribution in [3.8, 4) is 0 Å². The molecule has 0 spiro atoms. The van der Waals surface area contributed by atoms with Crippen LogP contribution in [0.2, 0.25) is 0 Å². The Balaban J connectivity index is 1.36. The lowest BCUT2D eigenvalue weighted by atomic mass is 10.0. The third kappa shape index (κ3) is 2.90.